The number of rotatable bonds is 0. The topological polar surface area (TPSA) is 0 Å². The third-order valence-electron chi connectivity index (χ3n) is 5.33. The molecule has 0 saturated heterocycles. The molecule has 0 radical (unpaired) electrons. The van der Waals surface area contributed by atoms with Crippen molar-refractivity contribution in [1.82, 2.24) is 0 Å². The van der Waals surface area contributed by atoms with Crippen LogP contribution in [0.25, 0.3) is 55.2 Å². The van der Waals surface area contributed by atoms with Crippen LogP contribution in [-0.2, 0) is 0 Å². The lowest BCUT2D eigenvalue weighted by Crippen LogP contribution is -1.85. The van der Waals surface area contributed by atoms with Crippen molar-refractivity contribution < 1.29 is 0 Å². The van der Waals surface area contributed by atoms with E-state index in [0.717, 1.165) is 0 Å². The van der Waals surface area contributed by atoms with Crippen molar-refractivity contribution in [3.05, 3.63) is 83.9 Å². The minimum absolute atomic E-state index is 1.31. The van der Waals surface area contributed by atoms with Crippen LogP contribution in [-0.4, -0.2) is 0 Å². The fourth-order valence-corrected chi connectivity index (χ4v) is 4.24. The Hall–Kier alpha value is -3.12. The molecule has 0 saturated carbocycles. The van der Waals surface area contributed by atoms with Gasteiger partial charge in [0.25, 0.3) is 0 Å². The van der Waals surface area contributed by atoms with Crippen LogP contribution < -0.4 is 0 Å². The summed E-state index contributed by atoms with van der Waals surface area (Å²) in [6.07, 6.45) is 4.58. The maximum atomic E-state index is 2.35. The average Bonchev–Trinajstić information content (AvgIpc) is 3.07. The molecule has 24 heavy (non-hydrogen) atoms. The molecule has 5 aromatic carbocycles. The largest absolute Gasteiger partial charge is 0.0616 e. The summed E-state index contributed by atoms with van der Waals surface area (Å²) in [6, 6.07) is 26.7. The molecule has 0 aromatic heterocycles. The van der Waals surface area contributed by atoms with E-state index in [0.29, 0.717) is 0 Å². The molecule has 0 spiro atoms. The zero-order valence-corrected chi connectivity index (χ0v) is 13.1. The Kier molecular flexibility index (Phi) is 2.18. The van der Waals surface area contributed by atoms with E-state index in [1.165, 1.54) is 54.2 Å². The van der Waals surface area contributed by atoms with Gasteiger partial charge in [0.15, 0.2) is 0 Å². The third kappa shape index (κ3) is 1.48. The van der Waals surface area contributed by atoms with E-state index >= 15 is 0 Å². The Labute approximate surface area is 139 Å². The lowest BCUT2D eigenvalue weighted by Gasteiger charge is -2.11. The highest BCUT2D eigenvalue weighted by Crippen LogP contribution is 2.41. The van der Waals surface area contributed by atoms with E-state index < -0.39 is 0 Å². The summed E-state index contributed by atoms with van der Waals surface area (Å²) in [5, 5.41) is 10.7. The van der Waals surface area contributed by atoms with Gasteiger partial charge in [-0.05, 0) is 78.5 Å². The van der Waals surface area contributed by atoms with Crippen LogP contribution in [0.3, 0.4) is 0 Å². The molecule has 0 bridgehead atoms. The molecule has 1 aliphatic carbocycles. The quantitative estimate of drug-likeness (QED) is 0.271. The van der Waals surface area contributed by atoms with Gasteiger partial charge in [-0.25, -0.2) is 0 Å². The van der Waals surface area contributed by atoms with Gasteiger partial charge in [0.05, 0.1) is 0 Å². The molecule has 0 N–H and O–H groups in total. The molecule has 0 aliphatic heterocycles. The zero-order chi connectivity index (χ0) is 15.7. The molecule has 0 unspecified atom stereocenters. The maximum Gasteiger partial charge on any atom is -0.00259 e. The Morgan fingerprint density at radius 1 is 0.417 bits per heavy atom. The normalized spacial score (nSPS) is 12.8. The number of fused-ring (bicyclic) bond motifs is 5. The summed E-state index contributed by atoms with van der Waals surface area (Å²) < 4.78 is 0. The third-order valence-corrected chi connectivity index (χ3v) is 5.33. The minimum Gasteiger partial charge on any atom is -0.0616 e. The number of hydrogen-bond donors (Lipinski definition) is 0. The fourth-order valence-electron chi connectivity index (χ4n) is 4.24. The van der Waals surface area contributed by atoms with Crippen LogP contribution >= 0.6 is 0 Å². The van der Waals surface area contributed by atoms with Crippen molar-refractivity contribution in [3.63, 3.8) is 0 Å². The van der Waals surface area contributed by atoms with Crippen molar-refractivity contribution in [3.8, 4) is 0 Å². The van der Waals surface area contributed by atoms with Gasteiger partial charge < -0.3 is 0 Å². The van der Waals surface area contributed by atoms with Gasteiger partial charge in [-0.1, -0.05) is 60.7 Å². The van der Waals surface area contributed by atoms with Gasteiger partial charge in [-0.15, -0.1) is 0 Å². The van der Waals surface area contributed by atoms with Crippen molar-refractivity contribution in [2.75, 3.05) is 0 Å². The summed E-state index contributed by atoms with van der Waals surface area (Å²) >= 11 is 0. The van der Waals surface area contributed by atoms with E-state index in [4.69, 9.17) is 0 Å². The second kappa shape index (κ2) is 4.24. The fraction of sp³-hybridized carbons (Fsp3) is 0. The summed E-state index contributed by atoms with van der Waals surface area (Å²) in [5.41, 5.74) is 2.74. The van der Waals surface area contributed by atoms with E-state index in [2.05, 4.69) is 84.9 Å². The van der Waals surface area contributed by atoms with E-state index in [1.54, 1.807) is 0 Å². The molecule has 0 heteroatoms. The van der Waals surface area contributed by atoms with Crippen LogP contribution in [0.4, 0.5) is 0 Å². The van der Waals surface area contributed by atoms with Crippen LogP contribution in [0.1, 0.15) is 11.1 Å². The molecule has 0 atom stereocenters. The highest BCUT2D eigenvalue weighted by atomic mass is 14.2. The van der Waals surface area contributed by atoms with Crippen molar-refractivity contribution in [2.24, 2.45) is 0 Å². The predicted molar refractivity (Wildman–Crippen MR) is 105 cm³/mol. The molecule has 1 aliphatic rings. The summed E-state index contributed by atoms with van der Waals surface area (Å²) in [4.78, 5) is 0. The zero-order valence-electron chi connectivity index (χ0n) is 13.1. The van der Waals surface area contributed by atoms with Crippen LogP contribution in [0, 0.1) is 0 Å². The summed E-state index contributed by atoms with van der Waals surface area (Å²) in [7, 11) is 0. The highest BCUT2D eigenvalue weighted by Gasteiger charge is 2.16. The molecular weight excluding hydrogens is 288 g/mol. The van der Waals surface area contributed by atoms with Crippen molar-refractivity contribution in [1.29, 1.82) is 0 Å². The smallest absolute Gasteiger partial charge is 0.00259 e. The first-order valence-corrected chi connectivity index (χ1v) is 8.37. The predicted octanol–water partition coefficient (Wildman–Crippen LogP) is 6.78. The Morgan fingerprint density at radius 3 is 1.83 bits per heavy atom. The second-order valence-corrected chi connectivity index (χ2v) is 6.65. The second-order valence-electron chi connectivity index (χ2n) is 6.65. The first-order chi connectivity index (χ1) is 11.9. The minimum atomic E-state index is 1.31. The van der Waals surface area contributed by atoms with Gasteiger partial charge in [-0.3, -0.25) is 0 Å². The van der Waals surface area contributed by atoms with E-state index in [9.17, 15) is 0 Å². The van der Waals surface area contributed by atoms with Gasteiger partial charge in [-0.2, -0.15) is 0 Å². The molecule has 5 aromatic rings. The molecule has 0 nitrogen and oxygen atoms in total. The average molecular weight is 302 g/mol. The molecule has 0 amide bonds. The first-order valence-electron chi connectivity index (χ1n) is 8.37. The molecule has 0 fully saturated rings. The van der Waals surface area contributed by atoms with Gasteiger partial charge >= 0.3 is 0 Å². The van der Waals surface area contributed by atoms with Gasteiger partial charge in [0.1, 0.15) is 0 Å². The highest BCUT2D eigenvalue weighted by molar-refractivity contribution is 6.21. The number of hydrogen-bond acceptors (Lipinski definition) is 0. The Balaban J connectivity index is 1.89. The number of benzene rings is 5. The molecule has 110 valence electrons. The van der Waals surface area contributed by atoms with E-state index in [-0.39, 0.29) is 0 Å². The molecule has 0 heterocycles. The van der Waals surface area contributed by atoms with Gasteiger partial charge in [0.2, 0.25) is 0 Å². The monoisotopic (exact) mass is 302 g/mol. The van der Waals surface area contributed by atoms with Crippen molar-refractivity contribution in [2.45, 2.75) is 0 Å². The van der Waals surface area contributed by atoms with Crippen LogP contribution in [0.2, 0.25) is 0 Å². The van der Waals surface area contributed by atoms with E-state index in [1.807, 2.05) is 0 Å². The molecular formula is C24H14. The SMILES string of the molecule is C1=Cc2c3cc4ccccc4cc3cc3cc4ccccc4c1c23. The van der Waals surface area contributed by atoms with Crippen LogP contribution in [0.15, 0.2) is 72.8 Å². The standard InChI is InChI=1S/C24H14/c1-2-6-16-14-23-18(11-15(16)5-1)13-19-12-17-7-3-4-8-20(17)21-9-10-22(23)24(19)21/h1-14H. The van der Waals surface area contributed by atoms with Crippen LogP contribution in [0.5, 0.6) is 0 Å². The Bertz CT molecular complexity index is 1340. The van der Waals surface area contributed by atoms with Crippen molar-refractivity contribution >= 4 is 55.2 Å². The lowest BCUT2D eigenvalue weighted by molar-refractivity contribution is 1.76. The lowest BCUT2D eigenvalue weighted by atomic mass is 9.92. The maximum absolute atomic E-state index is 2.35. The summed E-state index contributed by atoms with van der Waals surface area (Å²) in [6.45, 7) is 0. The summed E-state index contributed by atoms with van der Waals surface area (Å²) in [5.74, 6) is 0. The molecule has 6 rings (SSSR count). The Morgan fingerprint density at radius 2 is 1.00 bits per heavy atom. The first kappa shape index (κ1) is 12.3. The van der Waals surface area contributed by atoms with Gasteiger partial charge in [0, 0.05) is 0 Å².